The van der Waals surface area contributed by atoms with Crippen LogP contribution in [0.3, 0.4) is 0 Å². The number of thiol groups is 1. The zero-order valence-electron chi connectivity index (χ0n) is 21.6. The summed E-state index contributed by atoms with van der Waals surface area (Å²) in [5, 5.41) is 16.2. The second kappa shape index (κ2) is 12.3. The van der Waals surface area contributed by atoms with Crippen LogP contribution in [-0.4, -0.2) is 56.9 Å². The summed E-state index contributed by atoms with van der Waals surface area (Å²) in [5.41, 5.74) is -1.29. The minimum atomic E-state index is -1.13. The van der Waals surface area contributed by atoms with E-state index in [9.17, 15) is 19.5 Å². The number of amides is 3. The first-order chi connectivity index (χ1) is 15.6. The first-order valence-electron chi connectivity index (χ1n) is 11.6. The first-order valence-corrected chi connectivity index (χ1v) is 12.3. The summed E-state index contributed by atoms with van der Waals surface area (Å²) in [6, 6.07) is 4.15. The Morgan fingerprint density at radius 1 is 1.09 bits per heavy atom. The average Bonchev–Trinajstić information content (AvgIpc) is 2.68. The summed E-state index contributed by atoms with van der Waals surface area (Å²) in [4.78, 5) is 41.1. The number of hydrogen-bond donors (Lipinski definition) is 4. The van der Waals surface area contributed by atoms with Gasteiger partial charge in [0.15, 0.2) is 0 Å². The van der Waals surface area contributed by atoms with Crippen LogP contribution >= 0.6 is 12.6 Å². The Morgan fingerprint density at radius 2 is 1.68 bits per heavy atom. The standard InChI is InChI=1S/C25H41N3O5S/c1-9-12-16(2)26-21(30)20(17-13-10-11-14-19(17)29)28(24(3,4)5)22(31)18(15-34)27-23(32)33-25(6,7)8/h10-11,13-14,16,18,20,29,34H,9,12,15H2,1-8H3,(H,26,30)(H,27,32). The second-order valence-corrected chi connectivity index (χ2v) is 10.8. The van der Waals surface area contributed by atoms with Crippen LogP contribution in [0.4, 0.5) is 4.79 Å². The molecule has 1 rings (SSSR count). The maximum atomic E-state index is 13.8. The quantitative estimate of drug-likeness (QED) is 0.384. The normalized spacial score (nSPS) is 14.5. The second-order valence-electron chi connectivity index (χ2n) is 10.4. The number of phenolic OH excluding ortho intramolecular Hbond substituents is 1. The lowest BCUT2D eigenvalue weighted by Crippen LogP contribution is -2.59. The summed E-state index contributed by atoms with van der Waals surface area (Å²) in [7, 11) is 0. The van der Waals surface area contributed by atoms with E-state index in [0.29, 0.717) is 5.56 Å². The number of alkyl carbamates (subject to hydrolysis) is 1. The summed E-state index contributed by atoms with van der Waals surface area (Å²) >= 11 is 4.27. The smallest absolute Gasteiger partial charge is 0.408 e. The summed E-state index contributed by atoms with van der Waals surface area (Å²) < 4.78 is 5.30. The maximum Gasteiger partial charge on any atom is 0.408 e. The molecule has 192 valence electrons. The van der Waals surface area contributed by atoms with E-state index in [0.717, 1.165) is 12.8 Å². The number of hydrogen-bond acceptors (Lipinski definition) is 6. The van der Waals surface area contributed by atoms with Crippen LogP contribution < -0.4 is 10.6 Å². The minimum Gasteiger partial charge on any atom is -0.508 e. The van der Waals surface area contributed by atoms with E-state index in [1.807, 2.05) is 13.8 Å². The molecule has 0 saturated carbocycles. The Labute approximate surface area is 209 Å². The minimum absolute atomic E-state index is 0.00793. The fourth-order valence-electron chi connectivity index (χ4n) is 3.59. The Kier molecular flexibility index (Phi) is 10.7. The highest BCUT2D eigenvalue weighted by atomic mass is 32.1. The van der Waals surface area contributed by atoms with Gasteiger partial charge in [-0.3, -0.25) is 9.59 Å². The third-order valence-corrected chi connectivity index (χ3v) is 5.35. The molecule has 0 saturated heterocycles. The van der Waals surface area contributed by atoms with Crippen molar-refractivity contribution in [2.45, 2.75) is 97.5 Å². The molecule has 1 aromatic rings. The molecule has 0 heterocycles. The molecule has 0 aliphatic rings. The number of ether oxygens (including phenoxy) is 1. The SMILES string of the molecule is CCCC(C)NC(=O)C(c1ccccc1O)N(C(=O)C(CS)NC(=O)OC(C)(C)C)C(C)(C)C. The number of para-hydroxylation sites is 1. The van der Waals surface area contributed by atoms with Crippen LogP contribution in [0, 0.1) is 0 Å². The van der Waals surface area contributed by atoms with Gasteiger partial charge in [0, 0.05) is 22.9 Å². The van der Waals surface area contributed by atoms with Crippen molar-refractivity contribution in [1.82, 2.24) is 15.5 Å². The number of nitrogens with zero attached hydrogens (tertiary/aromatic N) is 1. The van der Waals surface area contributed by atoms with E-state index in [1.165, 1.54) is 11.0 Å². The van der Waals surface area contributed by atoms with Gasteiger partial charge in [-0.25, -0.2) is 4.79 Å². The summed E-state index contributed by atoms with van der Waals surface area (Å²) in [6.45, 7) is 14.5. The predicted octanol–water partition coefficient (Wildman–Crippen LogP) is 4.19. The van der Waals surface area contributed by atoms with Crippen LogP contribution in [-0.2, 0) is 14.3 Å². The van der Waals surface area contributed by atoms with Gasteiger partial charge >= 0.3 is 6.09 Å². The van der Waals surface area contributed by atoms with Gasteiger partial charge in [0.25, 0.3) is 0 Å². The molecule has 0 aromatic heterocycles. The van der Waals surface area contributed by atoms with Crippen molar-refractivity contribution in [3.8, 4) is 5.75 Å². The van der Waals surface area contributed by atoms with Crippen LogP contribution in [0.2, 0.25) is 0 Å². The van der Waals surface area contributed by atoms with Crippen LogP contribution in [0.1, 0.15) is 79.8 Å². The topological polar surface area (TPSA) is 108 Å². The number of benzene rings is 1. The van der Waals surface area contributed by atoms with Crippen LogP contribution in [0.15, 0.2) is 24.3 Å². The van der Waals surface area contributed by atoms with Gasteiger partial charge in [0.05, 0.1) is 0 Å². The molecule has 1 aromatic carbocycles. The molecule has 8 nitrogen and oxygen atoms in total. The van der Waals surface area contributed by atoms with E-state index in [1.54, 1.807) is 59.7 Å². The van der Waals surface area contributed by atoms with Gasteiger partial charge in [-0.2, -0.15) is 12.6 Å². The van der Waals surface area contributed by atoms with E-state index in [4.69, 9.17) is 4.74 Å². The fraction of sp³-hybridized carbons (Fsp3) is 0.640. The van der Waals surface area contributed by atoms with Crippen molar-refractivity contribution in [3.05, 3.63) is 29.8 Å². The maximum absolute atomic E-state index is 13.8. The molecule has 3 N–H and O–H groups in total. The molecular formula is C25H41N3O5S. The molecule has 3 amide bonds. The zero-order chi connectivity index (χ0) is 26.3. The molecule has 0 aliphatic carbocycles. The number of aromatic hydroxyl groups is 1. The Bertz CT molecular complexity index is 848. The molecule has 0 bridgehead atoms. The lowest BCUT2D eigenvalue weighted by Gasteiger charge is -2.43. The predicted molar refractivity (Wildman–Crippen MR) is 137 cm³/mol. The van der Waals surface area contributed by atoms with Gasteiger partial charge in [-0.1, -0.05) is 31.5 Å². The van der Waals surface area contributed by atoms with Crippen molar-refractivity contribution < 1.29 is 24.2 Å². The Morgan fingerprint density at radius 3 is 2.15 bits per heavy atom. The third kappa shape index (κ3) is 8.74. The molecule has 3 unspecified atom stereocenters. The van der Waals surface area contributed by atoms with Crippen LogP contribution in [0.5, 0.6) is 5.75 Å². The van der Waals surface area contributed by atoms with Crippen molar-refractivity contribution >= 4 is 30.5 Å². The van der Waals surface area contributed by atoms with Gasteiger partial charge in [-0.15, -0.1) is 0 Å². The average molecular weight is 496 g/mol. The monoisotopic (exact) mass is 495 g/mol. The number of carbonyl (C=O) groups is 3. The Hall–Kier alpha value is -2.42. The summed E-state index contributed by atoms with van der Waals surface area (Å²) in [5.74, 6) is -1.04. The molecule has 0 radical (unpaired) electrons. The number of phenols is 1. The zero-order valence-corrected chi connectivity index (χ0v) is 22.5. The van der Waals surface area contributed by atoms with Crippen molar-refractivity contribution in [2.75, 3.05) is 5.75 Å². The van der Waals surface area contributed by atoms with E-state index >= 15 is 0 Å². The highest BCUT2D eigenvalue weighted by molar-refractivity contribution is 7.80. The van der Waals surface area contributed by atoms with Crippen molar-refractivity contribution in [3.63, 3.8) is 0 Å². The van der Waals surface area contributed by atoms with Gasteiger partial charge in [0.1, 0.15) is 23.4 Å². The number of rotatable bonds is 9. The molecule has 34 heavy (non-hydrogen) atoms. The highest BCUT2D eigenvalue weighted by Gasteiger charge is 2.42. The third-order valence-electron chi connectivity index (χ3n) is 4.98. The molecule has 0 fully saturated rings. The van der Waals surface area contributed by atoms with Gasteiger partial charge in [-0.05, 0) is 61.0 Å². The van der Waals surface area contributed by atoms with Crippen molar-refractivity contribution in [1.29, 1.82) is 0 Å². The van der Waals surface area contributed by atoms with E-state index in [2.05, 4.69) is 23.3 Å². The van der Waals surface area contributed by atoms with Gasteiger partial charge in [0.2, 0.25) is 11.8 Å². The largest absolute Gasteiger partial charge is 0.508 e. The Balaban J connectivity index is 3.48. The molecule has 3 atom stereocenters. The van der Waals surface area contributed by atoms with E-state index in [-0.39, 0.29) is 17.5 Å². The summed E-state index contributed by atoms with van der Waals surface area (Å²) in [6.07, 6.45) is 0.891. The number of carbonyl (C=O) groups excluding carboxylic acids is 3. The molecular weight excluding hydrogens is 454 g/mol. The van der Waals surface area contributed by atoms with Crippen LogP contribution in [0.25, 0.3) is 0 Å². The van der Waals surface area contributed by atoms with Gasteiger partial charge < -0.3 is 25.4 Å². The lowest BCUT2D eigenvalue weighted by molar-refractivity contribution is -0.148. The molecule has 0 aliphatic heterocycles. The molecule has 0 spiro atoms. The number of nitrogens with one attached hydrogen (secondary N) is 2. The first kappa shape index (κ1) is 29.6. The molecule has 9 heteroatoms. The fourth-order valence-corrected chi connectivity index (χ4v) is 3.84. The van der Waals surface area contributed by atoms with E-state index < -0.39 is 41.1 Å². The highest BCUT2D eigenvalue weighted by Crippen LogP contribution is 2.34. The van der Waals surface area contributed by atoms with Crippen molar-refractivity contribution in [2.24, 2.45) is 0 Å². The lowest BCUT2D eigenvalue weighted by atomic mass is 9.94.